The van der Waals surface area contributed by atoms with Crippen LogP contribution in [0.2, 0.25) is 0 Å². The highest BCUT2D eigenvalue weighted by atomic mass is 16.5. The lowest BCUT2D eigenvalue weighted by Gasteiger charge is -2.23. The van der Waals surface area contributed by atoms with Gasteiger partial charge in [-0.15, -0.1) is 0 Å². The summed E-state index contributed by atoms with van der Waals surface area (Å²) in [6.45, 7) is 6.35. The molecule has 92 valence electrons. The van der Waals surface area contributed by atoms with Crippen LogP contribution in [0.5, 0.6) is 0 Å². The Labute approximate surface area is 97.9 Å². The van der Waals surface area contributed by atoms with E-state index < -0.39 is 0 Å². The number of nitrogens with one attached hydrogen (secondary N) is 1. The second kappa shape index (κ2) is 7.61. The summed E-state index contributed by atoms with van der Waals surface area (Å²) in [4.78, 5) is 0. The van der Waals surface area contributed by atoms with Crippen LogP contribution in [0, 0.1) is 11.3 Å². The van der Waals surface area contributed by atoms with Gasteiger partial charge in [-0.3, -0.25) is 5.32 Å². The molecule has 1 atom stereocenters. The molecule has 0 aromatic carbocycles. The van der Waals surface area contributed by atoms with Gasteiger partial charge in [-0.1, -0.05) is 0 Å². The van der Waals surface area contributed by atoms with E-state index in [4.69, 9.17) is 14.7 Å². The van der Waals surface area contributed by atoms with Gasteiger partial charge >= 0.3 is 0 Å². The standard InChI is InChI=1S/C12H22N2O2/c1-10(2)14-11(9-13)3-8-16-12-4-6-15-7-5-12/h10-12,14H,3-8H2,1-2H3. The molecule has 0 aromatic heterocycles. The Kier molecular flexibility index (Phi) is 6.39. The number of nitrogens with zero attached hydrogens (tertiary/aromatic N) is 1. The van der Waals surface area contributed by atoms with Crippen LogP contribution in [0.1, 0.15) is 33.1 Å². The van der Waals surface area contributed by atoms with Crippen molar-refractivity contribution in [3.05, 3.63) is 0 Å². The summed E-state index contributed by atoms with van der Waals surface area (Å²) in [6.07, 6.45) is 3.04. The third-order valence-electron chi connectivity index (χ3n) is 2.62. The second-order valence-electron chi connectivity index (χ2n) is 4.47. The molecule has 0 aromatic rings. The van der Waals surface area contributed by atoms with E-state index >= 15 is 0 Å². The van der Waals surface area contributed by atoms with Gasteiger partial charge in [0.1, 0.15) is 0 Å². The minimum Gasteiger partial charge on any atom is -0.381 e. The average Bonchev–Trinajstić information content (AvgIpc) is 2.28. The smallest absolute Gasteiger partial charge is 0.0976 e. The summed E-state index contributed by atoms with van der Waals surface area (Å²) in [5.41, 5.74) is 0. The molecule has 0 bridgehead atoms. The van der Waals surface area contributed by atoms with Crippen LogP contribution in [0.25, 0.3) is 0 Å². The van der Waals surface area contributed by atoms with Gasteiger partial charge in [0, 0.05) is 25.9 Å². The number of nitriles is 1. The van der Waals surface area contributed by atoms with Crippen molar-refractivity contribution in [1.29, 1.82) is 5.26 Å². The lowest BCUT2D eigenvalue weighted by atomic mass is 10.1. The van der Waals surface area contributed by atoms with Crippen LogP contribution in [0.15, 0.2) is 0 Å². The molecule has 1 N–H and O–H groups in total. The SMILES string of the molecule is CC(C)NC(C#N)CCOC1CCOCC1. The first-order valence-electron chi connectivity index (χ1n) is 6.07. The summed E-state index contributed by atoms with van der Waals surface area (Å²) >= 11 is 0. The van der Waals surface area contributed by atoms with Gasteiger partial charge in [-0.05, 0) is 33.1 Å². The Balaban J connectivity index is 2.10. The van der Waals surface area contributed by atoms with Crippen molar-refractivity contribution in [3.8, 4) is 6.07 Å². The van der Waals surface area contributed by atoms with Crippen LogP contribution >= 0.6 is 0 Å². The number of hydrogen-bond donors (Lipinski definition) is 1. The van der Waals surface area contributed by atoms with Crippen molar-refractivity contribution >= 4 is 0 Å². The molecule has 0 aliphatic carbocycles. The van der Waals surface area contributed by atoms with Crippen molar-refractivity contribution in [3.63, 3.8) is 0 Å². The molecule has 1 aliphatic heterocycles. The number of rotatable bonds is 6. The van der Waals surface area contributed by atoms with Gasteiger partial charge in [0.25, 0.3) is 0 Å². The van der Waals surface area contributed by atoms with Gasteiger partial charge in [0.2, 0.25) is 0 Å². The Morgan fingerprint density at radius 2 is 2.12 bits per heavy atom. The van der Waals surface area contributed by atoms with Crippen LogP contribution < -0.4 is 5.32 Å². The molecule has 4 nitrogen and oxygen atoms in total. The molecule has 4 heteroatoms. The van der Waals surface area contributed by atoms with Crippen molar-refractivity contribution in [2.24, 2.45) is 0 Å². The predicted octanol–water partition coefficient (Wildman–Crippen LogP) is 1.46. The van der Waals surface area contributed by atoms with E-state index in [1.165, 1.54) is 0 Å². The number of ether oxygens (including phenoxy) is 2. The average molecular weight is 226 g/mol. The zero-order chi connectivity index (χ0) is 11.8. The molecule has 1 heterocycles. The maximum Gasteiger partial charge on any atom is 0.0976 e. The lowest BCUT2D eigenvalue weighted by Crippen LogP contribution is -2.35. The van der Waals surface area contributed by atoms with Crippen molar-refractivity contribution < 1.29 is 9.47 Å². The zero-order valence-electron chi connectivity index (χ0n) is 10.2. The summed E-state index contributed by atoms with van der Waals surface area (Å²) in [7, 11) is 0. The Hall–Kier alpha value is -0.630. The molecular weight excluding hydrogens is 204 g/mol. The van der Waals surface area contributed by atoms with E-state index in [0.717, 1.165) is 32.5 Å². The first kappa shape index (κ1) is 13.4. The molecule has 0 saturated carbocycles. The summed E-state index contributed by atoms with van der Waals surface area (Å²) in [5.74, 6) is 0. The number of hydrogen-bond acceptors (Lipinski definition) is 4. The quantitative estimate of drug-likeness (QED) is 0.745. The second-order valence-corrected chi connectivity index (χ2v) is 4.47. The molecule has 1 unspecified atom stereocenters. The Morgan fingerprint density at radius 1 is 1.44 bits per heavy atom. The van der Waals surface area contributed by atoms with Gasteiger partial charge in [-0.25, -0.2) is 0 Å². The third-order valence-corrected chi connectivity index (χ3v) is 2.62. The van der Waals surface area contributed by atoms with Crippen molar-refractivity contribution in [2.45, 2.75) is 51.3 Å². The van der Waals surface area contributed by atoms with Crippen LogP contribution in [0.3, 0.4) is 0 Å². The van der Waals surface area contributed by atoms with E-state index in [1.807, 2.05) is 13.8 Å². The highest BCUT2D eigenvalue weighted by Gasteiger charge is 2.15. The molecular formula is C12H22N2O2. The molecule has 1 aliphatic rings. The Morgan fingerprint density at radius 3 is 2.69 bits per heavy atom. The monoisotopic (exact) mass is 226 g/mol. The van der Waals surface area contributed by atoms with Gasteiger partial charge in [0.15, 0.2) is 0 Å². The van der Waals surface area contributed by atoms with Gasteiger partial charge in [-0.2, -0.15) is 5.26 Å². The lowest BCUT2D eigenvalue weighted by molar-refractivity contribution is -0.0332. The fourth-order valence-electron chi connectivity index (χ4n) is 1.78. The van der Waals surface area contributed by atoms with E-state index in [-0.39, 0.29) is 6.04 Å². The molecule has 1 rings (SSSR count). The van der Waals surface area contributed by atoms with Crippen LogP contribution in [-0.4, -0.2) is 38.0 Å². The fraction of sp³-hybridized carbons (Fsp3) is 0.917. The largest absolute Gasteiger partial charge is 0.381 e. The van der Waals surface area contributed by atoms with Gasteiger partial charge in [0.05, 0.1) is 18.2 Å². The topological polar surface area (TPSA) is 54.3 Å². The van der Waals surface area contributed by atoms with E-state index in [2.05, 4.69) is 11.4 Å². The first-order chi connectivity index (χ1) is 7.72. The van der Waals surface area contributed by atoms with Crippen molar-refractivity contribution in [2.75, 3.05) is 19.8 Å². The zero-order valence-corrected chi connectivity index (χ0v) is 10.2. The fourth-order valence-corrected chi connectivity index (χ4v) is 1.78. The maximum atomic E-state index is 8.92. The first-order valence-corrected chi connectivity index (χ1v) is 6.07. The summed E-state index contributed by atoms with van der Waals surface area (Å²) < 4.78 is 11.0. The molecule has 1 fully saturated rings. The summed E-state index contributed by atoms with van der Waals surface area (Å²) in [5, 5.41) is 12.1. The highest BCUT2D eigenvalue weighted by molar-refractivity contribution is 4.90. The van der Waals surface area contributed by atoms with Gasteiger partial charge < -0.3 is 9.47 Å². The van der Waals surface area contributed by atoms with E-state index in [0.29, 0.717) is 18.8 Å². The predicted molar refractivity (Wildman–Crippen MR) is 62.1 cm³/mol. The van der Waals surface area contributed by atoms with Crippen LogP contribution in [0.4, 0.5) is 0 Å². The molecule has 0 amide bonds. The van der Waals surface area contributed by atoms with Crippen LogP contribution in [-0.2, 0) is 9.47 Å². The molecule has 0 radical (unpaired) electrons. The Bertz CT molecular complexity index is 220. The van der Waals surface area contributed by atoms with E-state index in [1.54, 1.807) is 0 Å². The third kappa shape index (κ3) is 5.45. The molecule has 1 saturated heterocycles. The molecule has 0 spiro atoms. The minimum atomic E-state index is -0.0974. The maximum absolute atomic E-state index is 8.92. The summed E-state index contributed by atoms with van der Waals surface area (Å²) in [6, 6.07) is 2.50. The van der Waals surface area contributed by atoms with E-state index in [9.17, 15) is 0 Å². The normalized spacial score (nSPS) is 19.6. The minimum absolute atomic E-state index is 0.0974. The molecule has 16 heavy (non-hydrogen) atoms. The van der Waals surface area contributed by atoms with Crippen molar-refractivity contribution in [1.82, 2.24) is 5.32 Å². The highest BCUT2D eigenvalue weighted by Crippen LogP contribution is 2.11.